The van der Waals surface area contributed by atoms with E-state index in [1.165, 1.54) is 6.92 Å². The highest BCUT2D eigenvalue weighted by Crippen LogP contribution is 2.23. The number of nitrogens with zero attached hydrogens (tertiary/aromatic N) is 1. The van der Waals surface area contributed by atoms with Crippen molar-refractivity contribution in [3.63, 3.8) is 0 Å². The summed E-state index contributed by atoms with van der Waals surface area (Å²) in [6, 6.07) is 12.3. The van der Waals surface area contributed by atoms with Crippen molar-refractivity contribution in [1.82, 2.24) is 4.90 Å². The van der Waals surface area contributed by atoms with Gasteiger partial charge >= 0.3 is 0 Å². The van der Waals surface area contributed by atoms with E-state index in [1.807, 2.05) is 18.0 Å². The number of carbonyl (C=O) groups is 2. The Morgan fingerprint density at radius 2 is 1.92 bits per heavy atom. The Morgan fingerprint density at radius 3 is 2.60 bits per heavy atom. The van der Waals surface area contributed by atoms with Crippen molar-refractivity contribution in [2.75, 3.05) is 26.0 Å². The number of nitrogens with one attached hydrogen (secondary N) is 1. The van der Waals surface area contributed by atoms with Gasteiger partial charge in [0.2, 0.25) is 5.91 Å². The number of benzene rings is 2. The molecule has 0 atom stereocenters. The SMILES string of the molecule is COc1ccc(Cl)cc1CN(C)CC(=O)Nc1ccccc1C(C)=O. The lowest BCUT2D eigenvalue weighted by molar-refractivity contribution is -0.117. The number of hydrogen-bond donors (Lipinski definition) is 1. The fourth-order valence-corrected chi connectivity index (χ4v) is 2.75. The highest BCUT2D eigenvalue weighted by atomic mass is 35.5. The van der Waals surface area contributed by atoms with Crippen LogP contribution in [0.5, 0.6) is 5.75 Å². The number of methoxy groups -OCH3 is 1. The minimum absolute atomic E-state index is 0.0899. The van der Waals surface area contributed by atoms with E-state index in [1.54, 1.807) is 43.5 Å². The summed E-state index contributed by atoms with van der Waals surface area (Å²) in [4.78, 5) is 25.8. The van der Waals surface area contributed by atoms with Gasteiger partial charge in [0, 0.05) is 22.7 Å². The van der Waals surface area contributed by atoms with Gasteiger partial charge in [0.25, 0.3) is 0 Å². The molecule has 0 unspecified atom stereocenters. The minimum atomic E-state index is -0.197. The number of ketones is 1. The summed E-state index contributed by atoms with van der Waals surface area (Å²) < 4.78 is 5.32. The molecule has 2 aromatic carbocycles. The van der Waals surface area contributed by atoms with Crippen LogP contribution in [0.3, 0.4) is 0 Å². The van der Waals surface area contributed by atoms with Gasteiger partial charge < -0.3 is 10.1 Å². The van der Waals surface area contributed by atoms with Crippen LogP contribution in [0.2, 0.25) is 5.02 Å². The Morgan fingerprint density at radius 1 is 1.20 bits per heavy atom. The van der Waals surface area contributed by atoms with Gasteiger partial charge in [0.1, 0.15) is 5.75 Å². The number of ether oxygens (including phenoxy) is 1. The van der Waals surface area contributed by atoms with Crippen molar-refractivity contribution >= 4 is 29.0 Å². The molecule has 6 heteroatoms. The lowest BCUT2D eigenvalue weighted by atomic mass is 10.1. The van der Waals surface area contributed by atoms with E-state index in [2.05, 4.69) is 5.32 Å². The molecule has 0 aliphatic rings. The maximum atomic E-state index is 12.3. The van der Waals surface area contributed by atoms with Gasteiger partial charge in [-0.1, -0.05) is 23.7 Å². The third-order valence-corrected chi connectivity index (χ3v) is 3.91. The molecule has 1 amide bonds. The second-order valence-electron chi connectivity index (χ2n) is 5.78. The van der Waals surface area contributed by atoms with E-state index in [0.717, 1.165) is 11.3 Å². The second-order valence-corrected chi connectivity index (χ2v) is 6.21. The van der Waals surface area contributed by atoms with Gasteiger partial charge in [0.05, 0.1) is 19.3 Å². The molecule has 0 aromatic heterocycles. The summed E-state index contributed by atoms with van der Waals surface area (Å²) >= 11 is 6.03. The van der Waals surface area contributed by atoms with Gasteiger partial charge in [-0.25, -0.2) is 0 Å². The number of carbonyl (C=O) groups excluding carboxylic acids is 2. The second kappa shape index (κ2) is 8.65. The molecule has 0 spiro atoms. The van der Waals surface area contributed by atoms with Crippen LogP contribution in [0.4, 0.5) is 5.69 Å². The van der Waals surface area contributed by atoms with Crippen LogP contribution >= 0.6 is 11.6 Å². The van der Waals surface area contributed by atoms with Crippen molar-refractivity contribution in [2.45, 2.75) is 13.5 Å². The van der Waals surface area contributed by atoms with Crippen molar-refractivity contribution < 1.29 is 14.3 Å². The maximum absolute atomic E-state index is 12.3. The fourth-order valence-electron chi connectivity index (χ4n) is 2.55. The average Bonchev–Trinajstić information content (AvgIpc) is 2.55. The monoisotopic (exact) mass is 360 g/mol. The number of likely N-dealkylation sites (N-methyl/N-ethyl adjacent to an activating group) is 1. The molecule has 0 fully saturated rings. The third kappa shape index (κ3) is 5.31. The first-order chi connectivity index (χ1) is 11.9. The number of rotatable bonds is 7. The lowest BCUT2D eigenvalue weighted by Gasteiger charge is -2.18. The molecule has 0 heterocycles. The van der Waals surface area contributed by atoms with E-state index >= 15 is 0 Å². The van der Waals surface area contributed by atoms with Crippen LogP contribution in [-0.4, -0.2) is 37.3 Å². The highest BCUT2D eigenvalue weighted by Gasteiger charge is 2.13. The molecule has 0 aliphatic carbocycles. The number of para-hydroxylation sites is 1. The fraction of sp³-hybridized carbons (Fsp3) is 0.263. The van der Waals surface area contributed by atoms with Crippen LogP contribution in [0.1, 0.15) is 22.8 Å². The number of halogens is 1. The average molecular weight is 361 g/mol. The molecular weight excluding hydrogens is 340 g/mol. The maximum Gasteiger partial charge on any atom is 0.238 e. The van der Waals surface area contributed by atoms with Gasteiger partial charge in [0.15, 0.2) is 5.78 Å². The van der Waals surface area contributed by atoms with Crippen molar-refractivity contribution in [3.05, 3.63) is 58.6 Å². The molecular formula is C19H21ClN2O3. The quantitative estimate of drug-likeness (QED) is 0.766. The molecule has 0 bridgehead atoms. The summed E-state index contributed by atoms with van der Waals surface area (Å²) in [5.74, 6) is 0.434. The molecule has 2 aromatic rings. The predicted molar refractivity (Wildman–Crippen MR) is 99.4 cm³/mol. The van der Waals surface area contributed by atoms with Gasteiger partial charge in [-0.05, 0) is 44.3 Å². The van der Waals surface area contributed by atoms with E-state index < -0.39 is 0 Å². The summed E-state index contributed by atoms with van der Waals surface area (Å²) in [6.45, 7) is 2.15. The van der Waals surface area contributed by atoms with Gasteiger partial charge in [-0.3, -0.25) is 14.5 Å². The number of anilines is 1. The normalized spacial score (nSPS) is 10.6. The smallest absolute Gasteiger partial charge is 0.238 e. The first kappa shape index (κ1) is 19.0. The number of hydrogen-bond acceptors (Lipinski definition) is 4. The molecule has 25 heavy (non-hydrogen) atoms. The number of amides is 1. The zero-order chi connectivity index (χ0) is 18.4. The van der Waals surface area contributed by atoms with Crippen LogP contribution in [0, 0.1) is 0 Å². The lowest BCUT2D eigenvalue weighted by Crippen LogP contribution is -2.30. The number of Topliss-reactive ketones (excluding diaryl/α,β-unsaturated/α-hetero) is 1. The molecule has 0 radical (unpaired) electrons. The molecule has 2 rings (SSSR count). The standard InChI is InChI=1S/C19H21ClN2O3/c1-13(23)16-6-4-5-7-17(16)21-19(24)12-22(2)11-14-10-15(20)8-9-18(14)25-3/h4-10H,11-12H2,1-3H3,(H,21,24). The summed E-state index contributed by atoms with van der Waals surface area (Å²) in [5.41, 5.74) is 1.91. The predicted octanol–water partition coefficient (Wildman–Crippen LogP) is 3.62. The topological polar surface area (TPSA) is 58.6 Å². The molecule has 0 saturated carbocycles. The minimum Gasteiger partial charge on any atom is -0.496 e. The third-order valence-electron chi connectivity index (χ3n) is 3.68. The first-order valence-electron chi connectivity index (χ1n) is 7.81. The Hall–Kier alpha value is -2.37. The van der Waals surface area contributed by atoms with Crippen LogP contribution in [0.15, 0.2) is 42.5 Å². The van der Waals surface area contributed by atoms with Crippen molar-refractivity contribution in [1.29, 1.82) is 0 Å². The van der Waals surface area contributed by atoms with Crippen molar-refractivity contribution in [3.8, 4) is 5.75 Å². The molecule has 0 aliphatic heterocycles. The van der Waals surface area contributed by atoms with Gasteiger partial charge in [-0.15, -0.1) is 0 Å². The molecule has 132 valence electrons. The van der Waals surface area contributed by atoms with Crippen LogP contribution < -0.4 is 10.1 Å². The van der Waals surface area contributed by atoms with E-state index in [-0.39, 0.29) is 18.2 Å². The largest absolute Gasteiger partial charge is 0.496 e. The molecule has 0 saturated heterocycles. The molecule has 5 nitrogen and oxygen atoms in total. The van der Waals surface area contributed by atoms with Crippen LogP contribution in [0.25, 0.3) is 0 Å². The Kier molecular flexibility index (Phi) is 6.56. The Balaban J connectivity index is 2.02. The summed E-state index contributed by atoms with van der Waals surface area (Å²) in [6.07, 6.45) is 0. The Labute approximate surface area is 152 Å². The highest BCUT2D eigenvalue weighted by molar-refractivity contribution is 6.30. The van der Waals surface area contributed by atoms with Crippen molar-refractivity contribution in [2.24, 2.45) is 0 Å². The van der Waals surface area contributed by atoms with E-state index in [9.17, 15) is 9.59 Å². The van der Waals surface area contributed by atoms with E-state index in [0.29, 0.717) is 22.8 Å². The zero-order valence-electron chi connectivity index (χ0n) is 14.5. The zero-order valence-corrected chi connectivity index (χ0v) is 15.3. The van der Waals surface area contributed by atoms with E-state index in [4.69, 9.17) is 16.3 Å². The van der Waals surface area contributed by atoms with Gasteiger partial charge in [-0.2, -0.15) is 0 Å². The first-order valence-corrected chi connectivity index (χ1v) is 8.19. The van der Waals surface area contributed by atoms with Crippen LogP contribution in [-0.2, 0) is 11.3 Å². The summed E-state index contributed by atoms with van der Waals surface area (Å²) in [5, 5.41) is 3.40. The Bertz CT molecular complexity index is 777. The summed E-state index contributed by atoms with van der Waals surface area (Å²) in [7, 11) is 3.43. The molecule has 1 N–H and O–H groups in total.